The Labute approximate surface area is 110 Å². The summed E-state index contributed by atoms with van der Waals surface area (Å²) in [5, 5.41) is 2.99. The van der Waals surface area contributed by atoms with Crippen LogP contribution in [0.25, 0.3) is 0 Å². The Morgan fingerprint density at radius 2 is 2.35 bits per heavy atom. The van der Waals surface area contributed by atoms with E-state index >= 15 is 0 Å². The first-order valence-corrected chi connectivity index (χ1v) is 6.44. The van der Waals surface area contributed by atoms with Crippen LogP contribution in [0.4, 0.5) is 0 Å². The van der Waals surface area contributed by atoms with Crippen molar-refractivity contribution >= 4 is 21.9 Å². The van der Waals surface area contributed by atoms with Crippen LogP contribution in [-0.2, 0) is 0 Å². The quantitative estimate of drug-likeness (QED) is 0.481. The summed E-state index contributed by atoms with van der Waals surface area (Å²) < 4.78 is 6.55. The molecule has 0 aliphatic heterocycles. The second-order valence-corrected chi connectivity index (χ2v) is 4.42. The highest BCUT2D eigenvalue weighted by molar-refractivity contribution is 9.10. The van der Waals surface area contributed by atoms with E-state index in [1.54, 1.807) is 0 Å². The third-order valence-corrected chi connectivity index (χ3v) is 2.47. The molecule has 1 aromatic rings. The number of hydrogen-bond acceptors (Lipinski definition) is 2. The molecule has 0 aromatic heterocycles. The fraction of sp³-hybridized carbons (Fsp3) is 0.417. The summed E-state index contributed by atoms with van der Waals surface area (Å²) in [7, 11) is 0. The zero-order valence-corrected chi connectivity index (χ0v) is 11.5. The number of guanidine groups is 1. The first-order valence-electron chi connectivity index (χ1n) is 5.64. The van der Waals surface area contributed by atoms with Crippen molar-refractivity contribution in [3.05, 3.63) is 28.7 Å². The van der Waals surface area contributed by atoms with Gasteiger partial charge in [0.2, 0.25) is 0 Å². The lowest BCUT2D eigenvalue weighted by Gasteiger charge is -2.08. The predicted molar refractivity (Wildman–Crippen MR) is 74.4 cm³/mol. The summed E-state index contributed by atoms with van der Waals surface area (Å²) in [6.07, 6.45) is 0.997. The highest BCUT2D eigenvalue weighted by Crippen LogP contribution is 2.17. The molecular formula is C12H18BrN3O. The van der Waals surface area contributed by atoms with Crippen LogP contribution in [0, 0.1) is 0 Å². The molecule has 3 N–H and O–H groups in total. The Kier molecular flexibility index (Phi) is 6.47. The van der Waals surface area contributed by atoms with Crippen molar-refractivity contribution in [2.24, 2.45) is 10.7 Å². The molecule has 0 unspecified atom stereocenters. The summed E-state index contributed by atoms with van der Waals surface area (Å²) >= 11 is 3.39. The number of aliphatic imine (C=N–C) groups is 1. The molecule has 0 aliphatic rings. The largest absolute Gasteiger partial charge is 0.492 e. The molecule has 0 radical (unpaired) electrons. The maximum absolute atomic E-state index is 5.64. The van der Waals surface area contributed by atoms with Gasteiger partial charge in [-0.25, -0.2) is 0 Å². The minimum atomic E-state index is 0.477. The van der Waals surface area contributed by atoms with Crippen LogP contribution in [0.1, 0.15) is 13.3 Å². The number of hydrogen-bond donors (Lipinski definition) is 2. The van der Waals surface area contributed by atoms with Gasteiger partial charge in [-0.2, -0.15) is 0 Å². The smallest absolute Gasteiger partial charge is 0.188 e. The van der Waals surface area contributed by atoms with Gasteiger partial charge in [0, 0.05) is 11.0 Å². The van der Waals surface area contributed by atoms with E-state index < -0.39 is 0 Å². The molecule has 1 aromatic carbocycles. The topological polar surface area (TPSA) is 59.6 Å². The Bertz CT molecular complexity index is 369. The minimum absolute atomic E-state index is 0.477. The molecular weight excluding hydrogens is 282 g/mol. The number of benzene rings is 1. The molecule has 0 atom stereocenters. The summed E-state index contributed by atoms with van der Waals surface area (Å²) in [5.41, 5.74) is 5.64. The zero-order valence-electron chi connectivity index (χ0n) is 9.95. The summed E-state index contributed by atoms with van der Waals surface area (Å²) in [6.45, 7) is 4.02. The van der Waals surface area contributed by atoms with Crippen molar-refractivity contribution in [2.45, 2.75) is 13.3 Å². The first-order chi connectivity index (χ1) is 8.22. The van der Waals surface area contributed by atoms with Crippen molar-refractivity contribution in [3.8, 4) is 5.75 Å². The van der Waals surface area contributed by atoms with Crippen LogP contribution < -0.4 is 15.8 Å². The van der Waals surface area contributed by atoms with Gasteiger partial charge in [0.25, 0.3) is 0 Å². The highest BCUT2D eigenvalue weighted by Gasteiger charge is 1.95. The lowest BCUT2D eigenvalue weighted by atomic mass is 10.3. The molecule has 0 fully saturated rings. The Hall–Kier alpha value is -1.23. The standard InChI is InChI=1S/C12H18BrN3O/c1-2-6-15-12(14)16-7-8-17-11-5-3-4-10(13)9-11/h3-5,9H,2,6-8H2,1H3,(H3,14,15,16). The number of nitrogens with two attached hydrogens (primary N) is 1. The molecule has 0 bridgehead atoms. The van der Waals surface area contributed by atoms with Crippen molar-refractivity contribution in [1.82, 2.24) is 5.32 Å². The van der Waals surface area contributed by atoms with Gasteiger partial charge in [-0.3, -0.25) is 4.99 Å². The van der Waals surface area contributed by atoms with E-state index in [0.717, 1.165) is 23.2 Å². The van der Waals surface area contributed by atoms with Gasteiger partial charge in [0.15, 0.2) is 5.96 Å². The number of nitrogens with zero attached hydrogens (tertiary/aromatic N) is 1. The normalized spacial score (nSPS) is 11.3. The average Bonchev–Trinajstić information content (AvgIpc) is 2.32. The lowest BCUT2D eigenvalue weighted by molar-refractivity contribution is 0.322. The van der Waals surface area contributed by atoms with E-state index in [-0.39, 0.29) is 0 Å². The van der Waals surface area contributed by atoms with Crippen LogP contribution in [0.3, 0.4) is 0 Å². The number of rotatable bonds is 6. The molecule has 0 saturated heterocycles. The van der Waals surface area contributed by atoms with E-state index in [9.17, 15) is 0 Å². The second-order valence-electron chi connectivity index (χ2n) is 3.50. The SMILES string of the molecule is CCCN=C(N)NCCOc1cccc(Br)c1. The first kappa shape index (κ1) is 13.8. The molecule has 0 aliphatic carbocycles. The number of nitrogens with one attached hydrogen (secondary N) is 1. The molecule has 1 rings (SSSR count). The molecule has 0 heterocycles. The van der Waals surface area contributed by atoms with Crippen LogP contribution in [-0.4, -0.2) is 25.7 Å². The van der Waals surface area contributed by atoms with E-state index in [1.807, 2.05) is 24.3 Å². The van der Waals surface area contributed by atoms with Crippen molar-refractivity contribution in [2.75, 3.05) is 19.7 Å². The summed E-state index contributed by atoms with van der Waals surface area (Å²) in [5.74, 6) is 1.31. The van der Waals surface area contributed by atoms with E-state index in [2.05, 4.69) is 33.2 Å². The number of ether oxygens (including phenoxy) is 1. The fourth-order valence-corrected chi connectivity index (χ4v) is 1.57. The zero-order chi connectivity index (χ0) is 12.5. The van der Waals surface area contributed by atoms with Gasteiger partial charge < -0.3 is 15.8 Å². The van der Waals surface area contributed by atoms with E-state index in [4.69, 9.17) is 10.5 Å². The number of halogens is 1. The van der Waals surface area contributed by atoms with Gasteiger partial charge in [-0.1, -0.05) is 28.9 Å². The van der Waals surface area contributed by atoms with Gasteiger partial charge in [0.05, 0.1) is 6.54 Å². The van der Waals surface area contributed by atoms with Gasteiger partial charge in [0.1, 0.15) is 12.4 Å². The Morgan fingerprint density at radius 1 is 1.53 bits per heavy atom. The van der Waals surface area contributed by atoms with Crippen LogP contribution in [0.5, 0.6) is 5.75 Å². The molecule has 5 heteroatoms. The van der Waals surface area contributed by atoms with E-state index in [1.165, 1.54) is 0 Å². The monoisotopic (exact) mass is 299 g/mol. The Balaban J connectivity index is 2.20. The fourth-order valence-electron chi connectivity index (χ4n) is 1.19. The van der Waals surface area contributed by atoms with Gasteiger partial charge in [-0.05, 0) is 24.6 Å². The highest BCUT2D eigenvalue weighted by atomic mass is 79.9. The van der Waals surface area contributed by atoms with Crippen molar-refractivity contribution in [1.29, 1.82) is 0 Å². The van der Waals surface area contributed by atoms with Crippen LogP contribution in [0.2, 0.25) is 0 Å². The average molecular weight is 300 g/mol. The maximum Gasteiger partial charge on any atom is 0.188 e. The Morgan fingerprint density at radius 3 is 3.06 bits per heavy atom. The lowest BCUT2D eigenvalue weighted by Crippen LogP contribution is -2.34. The maximum atomic E-state index is 5.64. The van der Waals surface area contributed by atoms with Crippen molar-refractivity contribution < 1.29 is 4.74 Å². The molecule has 94 valence electrons. The predicted octanol–water partition coefficient (Wildman–Crippen LogP) is 2.14. The third-order valence-electron chi connectivity index (χ3n) is 1.98. The molecule has 17 heavy (non-hydrogen) atoms. The molecule has 0 amide bonds. The van der Waals surface area contributed by atoms with Crippen LogP contribution in [0.15, 0.2) is 33.7 Å². The van der Waals surface area contributed by atoms with Crippen molar-refractivity contribution in [3.63, 3.8) is 0 Å². The van der Waals surface area contributed by atoms with E-state index in [0.29, 0.717) is 19.1 Å². The van der Waals surface area contributed by atoms with Crippen LogP contribution >= 0.6 is 15.9 Å². The second kappa shape index (κ2) is 7.95. The van der Waals surface area contributed by atoms with Gasteiger partial charge >= 0.3 is 0 Å². The summed E-state index contributed by atoms with van der Waals surface area (Å²) in [4.78, 5) is 4.12. The molecule has 4 nitrogen and oxygen atoms in total. The minimum Gasteiger partial charge on any atom is -0.492 e. The van der Waals surface area contributed by atoms with Gasteiger partial charge in [-0.15, -0.1) is 0 Å². The molecule has 0 saturated carbocycles. The summed E-state index contributed by atoms with van der Waals surface area (Å²) in [6, 6.07) is 7.73. The molecule has 0 spiro atoms. The third kappa shape index (κ3) is 6.16.